The van der Waals surface area contributed by atoms with Crippen molar-refractivity contribution < 1.29 is 0 Å². The minimum absolute atomic E-state index is 0.414. The molecule has 1 aliphatic rings. The molecule has 0 radical (unpaired) electrons. The third kappa shape index (κ3) is 4.23. The van der Waals surface area contributed by atoms with E-state index in [0.717, 1.165) is 19.1 Å². The first-order chi connectivity index (χ1) is 10.2. The quantitative estimate of drug-likeness (QED) is 0.718. The third-order valence-electron chi connectivity index (χ3n) is 4.59. The van der Waals surface area contributed by atoms with Gasteiger partial charge in [-0.2, -0.15) is 0 Å². The Bertz CT molecular complexity index is 441. The summed E-state index contributed by atoms with van der Waals surface area (Å²) in [5.74, 6) is 0. The number of halogens is 1. The Balaban J connectivity index is 2.13. The number of benzene rings is 1. The van der Waals surface area contributed by atoms with E-state index in [4.69, 9.17) is 0 Å². The molecule has 1 aliphatic carbocycles. The van der Waals surface area contributed by atoms with Crippen LogP contribution in [0.25, 0.3) is 0 Å². The molecule has 0 aromatic heterocycles. The molecule has 0 heterocycles. The lowest BCUT2D eigenvalue weighted by Crippen LogP contribution is -2.33. The average molecular weight is 353 g/mol. The highest BCUT2D eigenvalue weighted by Gasteiger charge is 2.23. The number of hydrogen-bond donors (Lipinski definition) is 1. The van der Waals surface area contributed by atoms with Gasteiger partial charge in [-0.1, -0.05) is 25.8 Å². The van der Waals surface area contributed by atoms with Crippen LogP contribution in [0.3, 0.4) is 0 Å². The van der Waals surface area contributed by atoms with Crippen LogP contribution in [-0.4, -0.2) is 19.1 Å². The Morgan fingerprint density at radius 2 is 2.00 bits per heavy atom. The van der Waals surface area contributed by atoms with E-state index in [2.05, 4.69) is 65.1 Å². The van der Waals surface area contributed by atoms with Crippen LogP contribution < -0.4 is 10.2 Å². The van der Waals surface area contributed by atoms with Crippen LogP contribution in [-0.2, 0) is 0 Å². The van der Waals surface area contributed by atoms with Crippen molar-refractivity contribution in [3.63, 3.8) is 0 Å². The van der Waals surface area contributed by atoms with Crippen molar-refractivity contribution in [2.75, 3.05) is 18.0 Å². The number of rotatable bonds is 7. The molecule has 1 unspecified atom stereocenters. The van der Waals surface area contributed by atoms with Crippen LogP contribution in [0.15, 0.2) is 22.7 Å². The van der Waals surface area contributed by atoms with Crippen molar-refractivity contribution in [1.29, 1.82) is 0 Å². The Morgan fingerprint density at radius 1 is 1.29 bits per heavy atom. The maximum absolute atomic E-state index is 3.80. The molecule has 0 saturated heterocycles. The van der Waals surface area contributed by atoms with E-state index in [1.807, 2.05) is 0 Å². The lowest BCUT2D eigenvalue weighted by Gasteiger charge is -2.31. The molecule has 1 aromatic carbocycles. The third-order valence-corrected chi connectivity index (χ3v) is 5.22. The lowest BCUT2D eigenvalue weighted by atomic mass is 10.1. The highest BCUT2D eigenvalue weighted by molar-refractivity contribution is 9.10. The molecule has 2 nitrogen and oxygen atoms in total. The minimum Gasteiger partial charge on any atom is -0.368 e. The predicted molar refractivity (Wildman–Crippen MR) is 96.1 cm³/mol. The monoisotopic (exact) mass is 352 g/mol. The average Bonchev–Trinajstić information content (AvgIpc) is 3.01. The van der Waals surface area contributed by atoms with E-state index in [1.165, 1.54) is 47.8 Å². The van der Waals surface area contributed by atoms with Gasteiger partial charge in [-0.15, -0.1) is 0 Å². The van der Waals surface area contributed by atoms with Crippen molar-refractivity contribution in [2.45, 2.75) is 65.0 Å². The van der Waals surface area contributed by atoms with Crippen molar-refractivity contribution >= 4 is 21.6 Å². The summed E-state index contributed by atoms with van der Waals surface area (Å²) in [6.07, 6.45) is 6.63. The molecular weight excluding hydrogens is 324 g/mol. The van der Waals surface area contributed by atoms with Gasteiger partial charge < -0.3 is 10.2 Å². The fourth-order valence-electron chi connectivity index (χ4n) is 3.35. The lowest BCUT2D eigenvalue weighted by molar-refractivity contribution is 0.570. The largest absolute Gasteiger partial charge is 0.368 e. The van der Waals surface area contributed by atoms with Gasteiger partial charge in [-0.3, -0.25) is 0 Å². The Labute approximate surface area is 138 Å². The summed E-state index contributed by atoms with van der Waals surface area (Å²) < 4.78 is 1.24. The van der Waals surface area contributed by atoms with Gasteiger partial charge in [0, 0.05) is 23.1 Å². The molecule has 1 fully saturated rings. The molecule has 3 heteroatoms. The molecule has 0 bridgehead atoms. The zero-order valence-electron chi connectivity index (χ0n) is 13.7. The molecule has 21 heavy (non-hydrogen) atoms. The molecule has 0 aliphatic heterocycles. The van der Waals surface area contributed by atoms with Gasteiger partial charge in [0.05, 0.1) is 5.69 Å². The summed E-state index contributed by atoms with van der Waals surface area (Å²) in [6, 6.07) is 8.01. The van der Waals surface area contributed by atoms with E-state index < -0.39 is 0 Å². The summed E-state index contributed by atoms with van der Waals surface area (Å²) in [6.45, 7) is 8.88. The van der Waals surface area contributed by atoms with Gasteiger partial charge in [0.25, 0.3) is 0 Å². The molecule has 0 spiro atoms. The van der Waals surface area contributed by atoms with Crippen molar-refractivity contribution in [3.05, 3.63) is 28.2 Å². The smallest absolute Gasteiger partial charge is 0.0513 e. The Kier molecular flexibility index (Phi) is 6.56. The number of nitrogens with zero attached hydrogens (tertiary/aromatic N) is 1. The second-order valence-corrected chi connectivity index (χ2v) is 6.97. The van der Waals surface area contributed by atoms with Crippen LogP contribution in [0.2, 0.25) is 0 Å². The first-order valence-corrected chi connectivity index (χ1v) is 9.26. The maximum Gasteiger partial charge on any atom is 0.0513 e. The fraction of sp³-hybridized carbons (Fsp3) is 0.667. The highest BCUT2D eigenvalue weighted by Crippen LogP contribution is 2.34. The molecule has 1 atom stereocenters. The van der Waals surface area contributed by atoms with E-state index in [9.17, 15) is 0 Å². The van der Waals surface area contributed by atoms with Gasteiger partial charge in [0.1, 0.15) is 0 Å². The second kappa shape index (κ2) is 8.19. The van der Waals surface area contributed by atoms with Gasteiger partial charge in [0.15, 0.2) is 0 Å². The summed E-state index contributed by atoms with van der Waals surface area (Å²) >= 11 is 3.80. The first-order valence-electron chi connectivity index (χ1n) is 8.46. The Hall–Kier alpha value is -0.540. The SMILES string of the molecule is CCCNC(C)c1ccc(N(CC)C2CCCC2)c(Br)c1. The topological polar surface area (TPSA) is 15.3 Å². The Morgan fingerprint density at radius 3 is 2.57 bits per heavy atom. The maximum atomic E-state index is 3.80. The van der Waals surface area contributed by atoms with Gasteiger partial charge >= 0.3 is 0 Å². The van der Waals surface area contributed by atoms with Crippen molar-refractivity contribution in [1.82, 2.24) is 5.32 Å². The number of anilines is 1. The predicted octanol–water partition coefficient (Wildman–Crippen LogP) is 5.28. The van der Waals surface area contributed by atoms with E-state index in [1.54, 1.807) is 0 Å². The molecule has 1 saturated carbocycles. The van der Waals surface area contributed by atoms with Crippen LogP contribution >= 0.6 is 15.9 Å². The number of nitrogens with one attached hydrogen (secondary N) is 1. The second-order valence-electron chi connectivity index (χ2n) is 6.11. The zero-order chi connectivity index (χ0) is 15.2. The first kappa shape index (κ1) is 16.8. The zero-order valence-corrected chi connectivity index (χ0v) is 15.2. The van der Waals surface area contributed by atoms with Crippen molar-refractivity contribution in [2.24, 2.45) is 0 Å². The highest BCUT2D eigenvalue weighted by atomic mass is 79.9. The summed E-state index contributed by atoms with van der Waals surface area (Å²) in [7, 11) is 0. The van der Waals surface area contributed by atoms with Crippen LogP contribution in [0.1, 0.15) is 64.5 Å². The van der Waals surface area contributed by atoms with E-state index >= 15 is 0 Å². The molecule has 2 rings (SSSR count). The normalized spacial score (nSPS) is 17.1. The van der Waals surface area contributed by atoms with E-state index in [0.29, 0.717) is 6.04 Å². The number of hydrogen-bond acceptors (Lipinski definition) is 2. The van der Waals surface area contributed by atoms with Gasteiger partial charge in [-0.25, -0.2) is 0 Å². The van der Waals surface area contributed by atoms with E-state index in [-0.39, 0.29) is 0 Å². The fourth-order valence-corrected chi connectivity index (χ4v) is 3.97. The van der Waals surface area contributed by atoms with Gasteiger partial charge in [0.2, 0.25) is 0 Å². The summed E-state index contributed by atoms with van der Waals surface area (Å²) in [5, 5.41) is 3.56. The van der Waals surface area contributed by atoms with Crippen LogP contribution in [0.5, 0.6) is 0 Å². The van der Waals surface area contributed by atoms with Crippen LogP contribution in [0.4, 0.5) is 5.69 Å². The van der Waals surface area contributed by atoms with Crippen LogP contribution in [0, 0.1) is 0 Å². The summed E-state index contributed by atoms with van der Waals surface area (Å²) in [5.41, 5.74) is 2.72. The van der Waals surface area contributed by atoms with Gasteiger partial charge in [-0.05, 0) is 73.3 Å². The minimum atomic E-state index is 0.414. The molecule has 1 N–H and O–H groups in total. The molecular formula is C18H29BrN2. The molecule has 118 valence electrons. The molecule has 0 amide bonds. The van der Waals surface area contributed by atoms with Crippen molar-refractivity contribution in [3.8, 4) is 0 Å². The standard InChI is InChI=1S/C18H29BrN2/c1-4-12-20-14(3)15-10-11-18(17(19)13-15)21(5-2)16-8-6-7-9-16/h10-11,13-14,16,20H,4-9,12H2,1-3H3. The molecule has 1 aromatic rings. The summed E-state index contributed by atoms with van der Waals surface area (Å²) in [4.78, 5) is 2.57.